The van der Waals surface area contributed by atoms with E-state index >= 15 is 0 Å². The van der Waals surface area contributed by atoms with Gasteiger partial charge >= 0.3 is 5.97 Å². The lowest BCUT2D eigenvalue weighted by atomic mass is 10.1. The largest absolute Gasteiger partial charge is 0.465 e. The Balaban J connectivity index is 2.40. The fourth-order valence-electron chi connectivity index (χ4n) is 1.69. The molecule has 6 nitrogen and oxygen atoms in total. The number of methoxy groups -OCH3 is 1. The number of aromatic amines is 1. The minimum atomic E-state index is -0.398. The summed E-state index contributed by atoms with van der Waals surface area (Å²) in [6, 6.07) is 5.45. The van der Waals surface area contributed by atoms with Gasteiger partial charge in [-0.05, 0) is 23.7 Å². The molecule has 1 aromatic heterocycles. The number of fused-ring (bicyclic) bond motifs is 1. The molecule has 2 aromatic rings. The second-order valence-electron chi connectivity index (χ2n) is 3.65. The van der Waals surface area contributed by atoms with Crippen LogP contribution < -0.4 is 0 Å². The third-order valence-electron chi connectivity index (χ3n) is 2.53. The predicted molar refractivity (Wildman–Crippen MR) is 70.5 cm³/mol. The van der Waals surface area contributed by atoms with Gasteiger partial charge in [0.05, 0.1) is 19.2 Å². The summed E-state index contributed by atoms with van der Waals surface area (Å²) in [6.45, 7) is 0.117. The van der Waals surface area contributed by atoms with Crippen LogP contribution in [-0.2, 0) is 4.74 Å². The Morgan fingerprint density at radius 2 is 2.42 bits per heavy atom. The van der Waals surface area contributed by atoms with Crippen molar-refractivity contribution >= 4 is 16.9 Å². The van der Waals surface area contributed by atoms with Gasteiger partial charge in [0.15, 0.2) is 0 Å². The van der Waals surface area contributed by atoms with Gasteiger partial charge in [-0.3, -0.25) is 0 Å². The van der Waals surface area contributed by atoms with Crippen molar-refractivity contribution in [2.75, 3.05) is 13.7 Å². The van der Waals surface area contributed by atoms with Crippen LogP contribution in [0.2, 0.25) is 0 Å². The van der Waals surface area contributed by atoms with Crippen molar-refractivity contribution in [3.63, 3.8) is 0 Å². The number of ether oxygens (including phenoxy) is 1. The average molecular weight is 254 g/mol. The summed E-state index contributed by atoms with van der Waals surface area (Å²) in [5.41, 5.74) is 10.2. The molecule has 0 aliphatic heterocycles. The summed E-state index contributed by atoms with van der Waals surface area (Å²) in [7, 11) is 1.34. The Hall–Kier alpha value is -2.90. The van der Waals surface area contributed by atoms with E-state index in [0.717, 1.165) is 16.5 Å². The summed E-state index contributed by atoms with van der Waals surface area (Å²) in [5.74, 6) is 5.19. The lowest BCUT2D eigenvalue weighted by Crippen LogP contribution is -1.99. The SMILES string of the molecule is COC(=O)c1c[nH]c2ccc(C#CCN=[N+]=[N-])cc12. The van der Waals surface area contributed by atoms with Crippen LogP contribution in [0.4, 0.5) is 0 Å². The Morgan fingerprint density at radius 1 is 1.58 bits per heavy atom. The number of nitrogens with one attached hydrogen (secondary N) is 1. The van der Waals surface area contributed by atoms with E-state index in [9.17, 15) is 4.79 Å². The molecule has 0 aliphatic carbocycles. The number of esters is 1. The summed E-state index contributed by atoms with van der Waals surface area (Å²) in [4.78, 5) is 17.2. The quantitative estimate of drug-likeness (QED) is 0.293. The topological polar surface area (TPSA) is 90.9 Å². The molecule has 19 heavy (non-hydrogen) atoms. The zero-order valence-electron chi connectivity index (χ0n) is 10.2. The molecule has 0 aliphatic rings. The molecule has 94 valence electrons. The summed E-state index contributed by atoms with van der Waals surface area (Å²) >= 11 is 0. The second kappa shape index (κ2) is 5.63. The number of azide groups is 1. The standard InChI is InChI=1S/C13H10N4O2/c1-19-13(18)11-8-15-12-5-4-9(7-10(11)12)3-2-6-16-17-14/h4-5,7-8,15H,6H2,1H3. The Labute approximate surface area is 109 Å². The van der Waals surface area contributed by atoms with Gasteiger partial charge in [-0.25, -0.2) is 4.79 Å². The zero-order valence-corrected chi connectivity index (χ0v) is 10.2. The van der Waals surface area contributed by atoms with Crippen LogP contribution in [0.15, 0.2) is 29.5 Å². The number of hydrogen-bond donors (Lipinski definition) is 1. The number of aromatic nitrogens is 1. The maximum atomic E-state index is 11.6. The van der Waals surface area contributed by atoms with Crippen molar-refractivity contribution in [1.29, 1.82) is 0 Å². The number of carbonyl (C=O) groups excluding carboxylic acids is 1. The van der Waals surface area contributed by atoms with E-state index in [1.54, 1.807) is 12.3 Å². The van der Waals surface area contributed by atoms with Crippen molar-refractivity contribution in [3.8, 4) is 11.8 Å². The third kappa shape index (κ3) is 2.68. The molecule has 0 saturated heterocycles. The first-order valence-electron chi connectivity index (χ1n) is 5.45. The molecule has 1 aromatic carbocycles. The highest BCUT2D eigenvalue weighted by Gasteiger charge is 2.11. The second-order valence-corrected chi connectivity index (χ2v) is 3.65. The van der Waals surface area contributed by atoms with E-state index in [2.05, 4.69) is 26.9 Å². The minimum absolute atomic E-state index is 0.117. The lowest BCUT2D eigenvalue weighted by Gasteiger charge is -1.97. The molecule has 0 bridgehead atoms. The van der Waals surface area contributed by atoms with E-state index in [1.807, 2.05) is 12.1 Å². The molecule has 6 heteroatoms. The highest BCUT2D eigenvalue weighted by atomic mass is 16.5. The summed E-state index contributed by atoms with van der Waals surface area (Å²) < 4.78 is 4.71. The van der Waals surface area contributed by atoms with Gasteiger partial charge < -0.3 is 9.72 Å². The fourth-order valence-corrected chi connectivity index (χ4v) is 1.69. The molecule has 0 fully saturated rings. The highest BCUT2D eigenvalue weighted by Crippen LogP contribution is 2.20. The van der Waals surface area contributed by atoms with Crippen LogP contribution in [0.3, 0.4) is 0 Å². The molecular weight excluding hydrogens is 244 g/mol. The van der Waals surface area contributed by atoms with Crippen LogP contribution in [0.25, 0.3) is 21.3 Å². The smallest absolute Gasteiger partial charge is 0.340 e. The highest BCUT2D eigenvalue weighted by molar-refractivity contribution is 6.04. The average Bonchev–Trinajstić information content (AvgIpc) is 2.86. The normalized spacial score (nSPS) is 9.32. The van der Waals surface area contributed by atoms with E-state index in [1.165, 1.54) is 7.11 Å². The van der Waals surface area contributed by atoms with Gasteiger partial charge in [-0.1, -0.05) is 17.0 Å². The molecule has 0 spiro atoms. The number of benzene rings is 1. The van der Waals surface area contributed by atoms with Crippen LogP contribution >= 0.6 is 0 Å². The molecule has 0 atom stereocenters. The van der Waals surface area contributed by atoms with Crippen LogP contribution in [-0.4, -0.2) is 24.6 Å². The maximum Gasteiger partial charge on any atom is 0.340 e. The van der Waals surface area contributed by atoms with Gasteiger partial charge in [0.1, 0.15) is 0 Å². The summed E-state index contributed by atoms with van der Waals surface area (Å²) in [5, 5.41) is 4.08. The van der Waals surface area contributed by atoms with Crippen LogP contribution in [0, 0.1) is 11.8 Å². The summed E-state index contributed by atoms with van der Waals surface area (Å²) in [6.07, 6.45) is 1.60. The van der Waals surface area contributed by atoms with Crippen molar-refractivity contribution in [1.82, 2.24) is 4.98 Å². The van der Waals surface area contributed by atoms with Gasteiger partial charge in [0, 0.05) is 27.6 Å². The van der Waals surface area contributed by atoms with Gasteiger partial charge in [0.25, 0.3) is 0 Å². The van der Waals surface area contributed by atoms with Crippen LogP contribution in [0.1, 0.15) is 15.9 Å². The maximum absolute atomic E-state index is 11.6. The number of H-pyrrole nitrogens is 1. The molecular formula is C13H10N4O2. The van der Waals surface area contributed by atoms with Crippen molar-refractivity contribution in [2.45, 2.75) is 0 Å². The number of rotatable bonds is 2. The van der Waals surface area contributed by atoms with Gasteiger partial charge in [-0.15, -0.1) is 0 Å². The Morgan fingerprint density at radius 3 is 3.16 bits per heavy atom. The number of nitrogens with zero attached hydrogens (tertiary/aromatic N) is 3. The molecule has 0 saturated carbocycles. The first-order chi connectivity index (χ1) is 9.26. The first-order valence-corrected chi connectivity index (χ1v) is 5.45. The monoisotopic (exact) mass is 254 g/mol. The van der Waals surface area contributed by atoms with E-state index in [4.69, 9.17) is 10.3 Å². The molecule has 1 N–H and O–H groups in total. The Bertz CT molecular complexity index is 730. The third-order valence-corrected chi connectivity index (χ3v) is 2.53. The van der Waals surface area contributed by atoms with Crippen LogP contribution in [0.5, 0.6) is 0 Å². The van der Waals surface area contributed by atoms with E-state index in [0.29, 0.717) is 5.56 Å². The van der Waals surface area contributed by atoms with Gasteiger partial charge in [-0.2, -0.15) is 0 Å². The van der Waals surface area contributed by atoms with Gasteiger partial charge in [0.2, 0.25) is 0 Å². The van der Waals surface area contributed by atoms with Crippen molar-refractivity contribution in [2.24, 2.45) is 5.11 Å². The predicted octanol–water partition coefficient (Wildman–Crippen LogP) is 2.62. The van der Waals surface area contributed by atoms with Crippen molar-refractivity contribution in [3.05, 3.63) is 46.0 Å². The van der Waals surface area contributed by atoms with Crippen molar-refractivity contribution < 1.29 is 9.53 Å². The molecule has 1 heterocycles. The molecule has 2 rings (SSSR count). The molecule has 0 unspecified atom stereocenters. The molecule has 0 amide bonds. The fraction of sp³-hybridized carbons (Fsp3) is 0.154. The Kier molecular flexibility index (Phi) is 3.72. The number of hydrogen-bond acceptors (Lipinski definition) is 3. The minimum Gasteiger partial charge on any atom is -0.465 e. The zero-order chi connectivity index (χ0) is 13.7. The first kappa shape index (κ1) is 12.6. The molecule has 0 radical (unpaired) electrons. The van der Waals surface area contributed by atoms with E-state index in [-0.39, 0.29) is 6.54 Å². The number of carbonyl (C=O) groups is 1. The lowest BCUT2D eigenvalue weighted by molar-refractivity contribution is 0.0603. The van der Waals surface area contributed by atoms with E-state index < -0.39 is 5.97 Å².